The molecule has 0 fully saturated rings. The molecule has 0 bridgehead atoms. The minimum absolute atomic E-state index is 0.100. The maximum Gasteiger partial charge on any atom is 0.416 e. The zero-order valence-electron chi connectivity index (χ0n) is 20.4. The van der Waals surface area contributed by atoms with Crippen LogP contribution < -0.4 is 10.6 Å². The maximum atomic E-state index is 13.1. The first kappa shape index (κ1) is 24.2. The number of aromatic nitrogens is 3. The van der Waals surface area contributed by atoms with Gasteiger partial charge in [0.05, 0.1) is 16.6 Å². The van der Waals surface area contributed by atoms with Crippen LogP contribution in [-0.4, -0.2) is 20.9 Å². The lowest BCUT2D eigenvalue weighted by Gasteiger charge is -2.13. The van der Waals surface area contributed by atoms with E-state index in [0.29, 0.717) is 34.3 Å². The first-order valence-corrected chi connectivity index (χ1v) is 11.9. The van der Waals surface area contributed by atoms with Crippen molar-refractivity contribution in [2.24, 2.45) is 0 Å². The van der Waals surface area contributed by atoms with Gasteiger partial charge in [0, 0.05) is 28.5 Å². The minimum atomic E-state index is -4.54. The molecule has 3 N–H and O–H groups in total. The lowest BCUT2D eigenvalue weighted by molar-refractivity contribution is -0.137. The van der Waals surface area contributed by atoms with Crippen molar-refractivity contribution >= 4 is 45.2 Å². The molecule has 39 heavy (non-hydrogen) atoms. The standard InChI is InChI=1S/C29H20F3N5O2/c1-16-9-10-20(34-27(38)18-6-4-7-19(13-18)29(30,31)32)15-22(16)36-28-35-21-11-12-33-25(21)26(37-28)24-14-17-5-2-3-8-23(17)39-24/h2-15,33H,1H3,(H,34,38)(H,35,36,37). The van der Waals surface area contributed by atoms with Crippen molar-refractivity contribution < 1.29 is 22.4 Å². The van der Waals surface area contributed by atoms with Crippen LogP contribution in [0.1, 0.15) is 21.5 Å². The van der Waals surface area contributed by atoms with E-state index >= 15 is 0 Å². The number of furan rings is 1. The Morgan fingerprint density at radius 3 is 2.62 bits per heavy atom. The summed E-state index contributed by atoms with van der Waals surface area (Å²) in [4.78, 5) is 25.2. The van der Waals surface area contributed by atoms with Crippen LogP contribution in [-0.2, 0) is 6.18 Å². The molecule has 0 radical (unpaired) electrons. The summed E-state index contributed by atoms with van der Waals surface area (Å²) >= 11 is 0. The molecule has 0 aliphatic carbocycles. The van der Waals surface area contributed by atoms with Crippen molar-refractivity contribution in [1.29, 1.82) is 0 Å². The summed E-state index contributed by atoms with van der Waals surface area (Å²) in [7, 11) is 0. The van der Waals surface area contributed by atoms with E-state index in [9.17, 15) is 18.0 Å². The van der Waals surface area contributed by atoms with E-state index in [1.54, 1.807) is 24.4 Å². The summed E-state index contributed by atoms with van der Waals surface area (Å²) in [5.41, 5.74) is 3.57. The summed E-state index contributed by atoms with van der Waals surface area (Å²) in [6, 6.07) is 20.8. The number of carbonyl (C=O) groups is 1. The summed E-state index contributed by atoms with van der Waals surface area (Å²) in [5.74, 6) is 0.225. The van der Waals surface area contributed by atoms with Gasteiger partial charge in [0.1, 0.15) is 11.3 Å². The van der Waals surface area contributed by atoms with E-state index in [1.807, 2.05) is 43.3 Å². The third-order valence-corrected chi connectivity index (χ3v) is 6.26. The highest BCUT2D eigenvalue weighted by Gasteiger charge is 2.31. The second-order valence-electron chi connectivity index (χ2n) is 8.97. The summed E-state index contributed by atoms with van der Waals surface area (Å²) in [5, 5.41) is 6.81. The number of rotatable bonds is 5. The number of anilines is 3. The number of alkyl halides is 3. The van der Waals surface area contributed by atoms with Gasteiger partial charge < -0.3 is 20.0 Å². The highest BCUT2D eigenvalue weighted by Crippen LogP contribution is 2.33. The monoisotopic (exact) mass is 527 g/mol. The molecule has 0 saturated heterocycles. The molecule has 3 heterocycles. The van der Waals surface area contributed by atoms with Gasteiger partial charge in [0.15, 0.2) is 5.76 Å². The lowest BCUT2D eigenvalue weighted by atomic mass is 10.1. The zero-order valence-corrected chi connectivity index (χ0v) is 20.4. The van der Waals surface area contributed by atoms with Crippen LogP contribution in [0.3, 0.4) is 0 Å². The number of hydrogen-bond donors (Lipinski definition) is 3. The lowest BCUT2D eigenvalue weighted by Crippen LogP contribution is -2.14. The molecule has 0 unspecified atom stereocenters. The molecular weight excluding hydrogens is 507 g/mol. The van der Waals surface area contributed by atoms with E-state index < -0.39 is 17.6 Å². The Kier molecular flexibility index (Phi) is 5.79. The number of fused-ring (bicyclic) bond motifs is 2. The van der Waals surface area contributed by atoms with Crippen LogP contribution >= 0.6 is 0 Å². The average molecular weight is 528 g/mol. The summed E-state index contributed by atoms with van der Waals surface area (Å²) in [6.45, 7) is 1.87. The van der Waals surface area contributed by atoms with Gasteiger partial charge in [0.2, 0.25) is 5.95 Å². The molecule has 194 valence electrons. The van der Waals surface area contributed by atoms with Crippen LogP contribution in [0.2, 0.25) is 0 Å². The summed E-state index contributed by atoms with van der Waals surface area (Å²) in [6.07, 6.45) is -2.77. The molecule has 3 aromatic carbocycles. The van der Waals surface area contributed by atoms with Crippen LogP contribution in [0.15, 0.2) is 89.5 Å². The van der Waals surface area contributed by atoms with Crippen molar-refractivity contribution in [2.45, 2.75) is 13.1 Å². The largest absolute Gasteiger partial charge is 0.454 e. The fourth-order valence-corrected chi connectivity index (χ4v) is 4.27. The number of amides is 1. The molecular formula is C29H20F3N5O2. The van der Waals surface area contributed by atoms with Crippen molar-refractivity contribution in [3.05, 3.63) is 102 Å². The molecule has 6 aromatic rings. The third kappa shape index (κ3) is 4.79. The predicted octanol–water partition coefficient (Wildman–Crippen LogP) is 7.69. The van der Waals surface area contributed by atoms with Gasteiger partial charge >= 0.3 is 6.18 Å². The normalized spacial score (nSPS) is 11.7. The van der Waals surface area contributed by atoms with Crippen LogP contribution in [0, 0.1) is 6.92 Å². The van der Waals surface area contributed by atoms with Crippen LogP contribution in [0.5, 0.6) is 0 Å². The van der Waals surface area contributed by atoms with Gasteiger partial charge in [-0.15, -0.1) is 0 Å². The molecule has 6 rings (SSSR count). The fourth-order valence-electron chi connectivity index (χ4n) is 4.27. The smallest absolute Gasteiger partial charge is 0.416 e. The topological polar surface area (TPSA) is 95.8 Å². The molecule has 0 saturated carbocycles. The summed E-state index contributed by atoms with van der Waals surface area (Å²) < 4.78 is 45.3. The van der Waals surface area contributed by atoms with Crippen molar-refractivity contribution in [2.75, 3.05) is 10.6 Å². The Hall–Kier alpha value is -5.12. The number of aromatic amines is 1. The van der Waals surface area contributed by atoms with E-state index in [2.05, 4.69) is 20.6 Å². The predicted molar refractivity (Wildman–Crippen MR) is 143 cm³/mol. The number of H-pyrrole nitrogens is 1. The molecule has 7 nitrogen and oxygen atoms in total. The quantitative estimate of drug-likeness (QED) is 0.214. The van der Waals surface area contributed by atoms with Crippen LogP contribution in [0.25, 0.3) is 33.5 Å². The Morgan fingerprint density at radius 1 is 0.949 bits per heavy atom. The average Bonchev–Trinajstić information content (AvgIpc) is 3.57. The number of para-hydroxylation sites is 1. The molecule has 0 aliphatic heterocycles. The van der Waals surface area contributed by atoms with Crippen molar-refractivity contribution in [3.63, 3.8) is 0 Å². The van der Waals surface area contributed by atoms with E-state index in [1.165, 1.54) is 12.1 Å². The van der Waals surface area contributed by atoms with Gasteiger partial charge in [-0.25, -0.2) is 9.97 Å². The molecule has 0 atom stereocenters. The van der Waals surface area contributed by atoms with Crippen LogP contribution in [0.4, 0.5) is 30.5 Å². The van der Waals surface area contributed by atoms with E-state index in [-0.39, 0.29) is 5.56 Å². The molecule has 10 heteroatoms. The number of nitrogens with one attached hydrogen (secondary N) is 3. The number of hydrogen-bond acceptors (Lipinski definition) is 5. The molecule has 0 spiro atoms. The van der Waals surface area contributed by atoms with Gasteiger partial charge in [-0.1, -0.05) is 30.3 Å². The van der Waals surface area contributed by atoms with Gasteiger partial charge in [-0.2, -0.15) is 13.2 Å². The highest BCUT2D eigenvalue weighted by molar-refractivity contribution is 6.04. The van der Waals surface area contributed by atoms with Gasteiger partial charge in [0.25, 0.3) is 5.91 Å². The Morgan fingerprint density at radius 2 is 1.79 bits per heavy atom. The zero-order chi connectivity index (χ0) is 27.1. The Labute approximate surface area is 219 Å². The molecule has 1 amide bonds. The number of aryl methyl sites for hydroxylation is 1. The van der Waals surface area contributed by atoms with Crippen molar-refractivity contribution in [1.82, 2.24) is 15.0 Å². The highest BCUT2D eigenvalue weighted by atomic mass is 19.4. The fraction of sp³-hybridized carbons (Fsp3) is 0.0690. The van der Waals surface area contributed by atoms with E-state index in [0.717, 1.165) is 34.2 Å². The number of carbonyl (C=O) groups excluding carboxylic acids is 1. The second kappa shape index (κ2) is 9.32. The molecule has 0 aliphatic rings. The second-order valence-corrected chi connectivity index (χ2v) is 8.97. The first-order chi connectivity index (χ1) is 18.7. The minimum Gasteiger partial charge on any atom is -0.454 e. The van der Waals surface area contributed by atoms with Crippen molar-refractivity contribution in [3.8, 4) is 11.5 Å². The maximum absolute atomic E-state index is 13.1. The SMILES string of the molecule is Cc1ccc(NC(=O)c2cccc(C(F)(F)F)c2)cc1Nc1nc(-c2cc3ccccc3o2)c2[nH]ccc2n1. The van der Waals surface area contributed by atoms with E-state index in [4.69, 9.17) is 9.40 Å². The molecule has 3 aromatic heterocycles. The van der Waals surface area contributed by atoms with Gasteiger partial charge in [-0.3, -0.25) is 4.79 Å². The first-order valence-electron chi connectivity index (χ1n) is 11.9. The Bertz CT molecular complexity index is 1820. The number of halogens is 3. The number of benzene rings is 3. The number of nitrogens with zero attached hydrogens (tertiary/aromatic N) is 2. The Balaban J connectivity index is 1.30. The van der Waals surface area contributed by atoms with Gasteiger partial charge in [-0.05, 0) is 61.0 Å². The third-order valence-electron chi connectivity index (χ3n) is 6.26.